The lowest BCUT2D eigenvalue weighted by molar-refractivity contribution is -0.139. The molecule has 1 amide bonds. The summed E-state index contributed by atoms with van der Waals surface area (Å²) in [6.45, 7) is 5.97. The van der Waals surface area contributed by atoms with Crippen molar-refractivity contribution in [2.75, 3.05) is 17.7 Å². The number of aromatic nitrogens is 1. The molecule has 12 heteroatoms. The third kappa shape index (κ3) is 9.28. The van der Waals surface area contributed by atoms with E-state index in [4.69, 9.17) is 26.2 Å². The van der Waals surface area contributed by atoms with Gasteiger partial charge in [0.05, 0.1) is 22.0 Å². The molecule has 4 aromatic rings. The summed E-state index contributed by atoms with van der Waals surface area (Å²) < 4.78 is 36.6. The second-order valence-corrected chi connectivity index (χ2v) is 14.4. The Morgan fingerprint density at radius 3 is 2.30 bits per heavy atom. The maximum Gasteiger partial charge on any atom is 0.341 e. The smallest absolute Gasteiger partial charge is 0.341 e. The number of hydrogen-bond donors (Lipinski definition) is 2. The van der Waals surface area contributed by atoms with Crippen molar-refractivity contribution in [2.45, 2.75) is 50.5 Å². The number of nitrogens with zero attached hydrogens (tertiary/aromatic N) is 1. The monoisotopic (exact) mass is 656 g/mol. The quantitative estimate of drug-likeness (QED) is 0.161. The van der Waals surface area contributed by atoms with E-state index in [0.717, 1.165) is 16.8 Å². The van der Waals surface area contributed by atoms with Gasteiger partial charge in [-0.25, -0.2) is 18.2 Å². The minimum atomic E-state index is -3.50. The van der Waals surface area contributed by atoms with E-state index in [-0.39, 0.29) is 27.5 Å². The molecule has 0 saturated carbocycles. The van der Waals surface area contributed by atoms with E-state index in [1.165, 1.54) is 35.6 Å². The minimum Gasteiger partial charge on any atom is -0.480 e. The zero-order chi connectivity index (χ0) is 31.9. The predicted molar refractivity (Wildman–Crippen MR) is 171 cm³/mol. The number of carboxylic acids is 1. The van der Waals surface area contributed by atoms with Gasteiger partial charge in [-0.05, 0) is 72.5 Å². The molecule has 1 heterocycles. The van der Waals surface area contributed by atoms with Crippen molar-refractivity contribution < 1.29 is 32.6 Å². The molecule has 0 bridgehead atoms. The number of hydrogen-bond acceptors (Lipinski definition) is 8. The Morgan fingerprint density at radius 1 is 0.977 bits per heavy atom. The van der Waals surface area contributed by atoms with Crippen LogP contribution in [-0.4, -0.2) is 42.7 Å². The fourth-order valence-corrected chi connectivity index (χ4v) is 6.42. The van der Waals surface area contributed by atoms with Crippen molar-refractivity contribution in [3.63, 3.8) is 0 Å². The average Bonchev–Trinajstić information content (AvgIpc) is 3.46. The van der Waals surface area contributed by atoms with Gasteiger partial charge in [-0.1, -0.05) is 61.9 Å². The summed E-state index contributed by atoms with van der Waals surface area (Å²) in [5, 5.41) is 14.9. The molecule has 0 radical (unpaired) electrons. The number of carbonyl (C=O) groups excluding carboxylic acids is 1. The molecule has 0 aliphatic rings. The third-order valence-electron chi connectivity index (χ3n) is 6.52. The van der Waals surface area contributed by atoms with Gasteiger partial charge in [-0.3, -0.25) is 4.79 Å². The van der Waals surface area contributed by atoms with E-state index in [0.29, 0.717) is 35.2 Å². The molecule has 2 N–H and O–H groups in total. The molecule has 232 valence electrons. The van der Waals surface area contributed by atoms with Crippen LogP contribution in [0.15, 0.2) is 77.0 Å². The topological polar surface area (TPSA) is 132 Å². The van der Waals surface area contributed by atoms with Crippen LogP contribution in [0.2, 0.25) is 5.02 Å². The Bertz CT molecular complexity index is 1710. The molecule has 0 saturated heterocycles. The molecule has 4 rings (SSSR count). The molecule has 44 heavy (non-hydrogen) atoms. The fraction of sp³-hybridized carbons (Fsp3) is 0.281. The number of aryl methyl sites for hydroxylation is 1. The lowest BCUT2D eigenvalue weighted by Crippen LogP contribution is -2.15. The predicted octanol–water partition coefficient (Wildman–Crippen LogP) is 6.80. The molecule has 0 aliphatic heterocycles. The Balaban J connectivity index is 1.40. The summed E-state index contributed by atoms with van der Waals surface area (Å²) >= 11 is 7.31. The fourth-order valence-electron chi connectivity index (χ4n) is 4.08. The van der Waals surface area contributed by atoms with Crippen molar-refractivity contribution >= 4 is 50.3 Å². The van der Waals surface area contributed by atoms with Gasteiger partial charge in [0.25, 0.3) is 11.1 Å². The molecule has 0 aliphatic carbocycles. The van der Waals surface area contributed by atoms with Gasteiger partial charge in [-0.2, -0.15) is 0 Å². The first-order chi connectivity index (χ1) is 20.8. The van der Waals surface area contributed by atoms with Crippen LogP contribution in [0.25, 0.3) is 0 Å². The van der Waals surface area contributed by atoms with Gasteiger partial charge in [0.15, 0.2) is 16.4 Å². The summed E-state index contributed by atoms with van der Waals surface area (Å²) in [7, 11) is -3.50. The number of sulfone groups is 1. The number of benzene rings is 3. The van der Waals surface area contributed by atoms with Gasteiger partial charge in [0.1, 0.15) is 12.4 Å². The molecule has 0 fully saturated rings. The minimum absolute atomic E-state index is 0.0657. The van der Waals surface area contributed by atoms with E-state index in [9.17, 15) is 18.0 Å². The number of nitrogens with one attached hydrogen (secondary N) is 1. The normalized spacial score (nSPS) is 11.6. The standard InChI is InChI=1S/C32H33ClN2O7S2/c1-32(2,3)28-20-43-31(35-28)42-18-22-6-9-23(10-7-22)30(38)34-26-17-21(8-15-27(26)41-19-29(36)37)5-4-16-44(39,40)25-13-11-24(33)12-14-25/h6-15,17,20H,4-5,16,18-19H2,1-3H3,(H,34,38)(H,36,37). The molecular weight excluding hydrogens is 624 g/mol. The number of rotatable bonds is 13. The van der Waals surface area contributed by atoms with Crippen molar-refractivity contribution in [2.24, 2.45) is 0 Å². The number of ether oxygens (including phenoxy) is 2. The van der Waals surface area contributed by atoms with Crippen LogP contribution in [0.3, 0.4) is 0 Å². The Labute approximate surface area is 265 Å². The number of halogens is 1. The number of carbonyl (C=O) groups is 2. The van der Waals surface area contributed by atoms with Gasteiger partial charge in [-0.15, -0.1) is 0 Å². The lowest BCUT2D eigenvalue weighted by Gasteiger charge is -2.14. The number of anilines is 1. The van der Waals surface area contributed by atoms with Crippen molar-refractivity contribution in [3.05, 3.63) is 99.5 Å². The first kappa shape index (κ1) is 33.0. The number of amides is 1. The van der Waals surface area contributed by atoms with Crippen LogP contribution in [-0.2, 0) is 33.1 Å². The highest BCUT2D eigenvalue weighted by molar-refractivity contribution is 7.91. The highest BCUT2D eigenvalue weighted by Gasteiger charge is 2.19. The van der Waals surface area contributed by atoms with Crippen LogP contribution < -0.4 is 14.8 Å². The Kier molecular flexibility index (Phi) is 10.7. The van der Waals surface area contributed by atoms with Gasteiger partial charge in [0, 0.05) is 21.4 Å². The second kappa shape index (κ2) is 14.2. The number of aliphatic carboxylic acids is 1. The summed E-state index contributed by atoms with van der Waals surface area (Å²) in [5.41, 5.74) is 3.16. The highest BCUT2D eigenvalue weighted by Crippen LogP contribution is 2.29. The molecule has 0 spiro atoms. The van der Waals surface area contributed by atoms with Crippen molar-refractivity contribution in [3.8, 4) is 10.9 Å². The zero-order valence-electron chi connectivity index (χ0n) is 24.5. The number of thiazole rings is 1. The van der Waals surface area contributed by atoms with E-state index in [1.54, 1.807) is 42.5 Å². The molecule has 0 atom stereocenters. The Morgan fingerprint density at radius 2 is 1.66 bits per heavy atom. The summed E-state index contributed by atoms with van der Waals surface area (Å²) in [6, 6.07) is 17.8. The van der Waals surface area contributed by atoms with Gasteiger partial charge < -0.3 is 19.9 Å². The molecule has 3 aromatic carbocycles. The van der Waals surface area contributed by atoms with E-state index in [2.05, 4.69) is 31.1 Å². The van der Waals surface area contributed by atoms with Crippen LogP contribution >= 0.6 is 22.9 Å². The molecule has 1 aromatic heterocycles. The third-order valence-corrected chi connectivity index (χ3v) is 9.34. The maximum absolute atomic E-state index is 13.1. The van der Waals surface area contributed by atoms with Gasteiger partial charge in [0.2, 0.25) is 0 Å². The van der Waals surface area contributed by atoms with Crippen molar-refractivity contribution in [1.82, 2.24) is 4.98 Å². The molecule has 0 unspecified atom stereocenters. The zero-order valence-corrected chi connectivity index (χ0v) is 26.9. The van der Waals surface area contributed by atoms with Crippen LogP contribution in [0, 0.1) is 0 Å². The first-order valence-electron chi connectivity index (χ1n) is 13.7. The maximum atomic E-state index is 13.1. The van der Waals surface area contributed by atoms with Gasteiger partial charge >= 0.3 is 5.97 Å². The van der Waals surface area contributed by atoms with Crippen LogP contribution in [0.1, 0.15) is 54.4 Å². The van der Waals surface area contributed by atoms with Crippen LogP contribution in [0.5, 0.6) is 10.9 Å². The molecule has 9 nitrogen and oxygen atoms in total. The molecular formula is C32H33ClN2O7S2. The highest BCUT2D eigenvalue weighted by atomic mass is 35.5. The number of carboxylic acid groups (broad SMARTS) is 1. The summed E-state index contributed by atoms with van der Waals surface area (Å²) in [4.78, 5) is 28.9. The lowest BCUT2D eigenvalue weighted by atomic mass is 9.93. The first-order valence-corrected chi connectivity index (χ1v) is 16.7. The average molecular weight is 657 g/mol. The van der Waals surface area contributed by atoms with E-state index >= 15 is 0 Å². The van der Waals surface area contributed by atoms with Crippen molar-refractivity contribution in [1.29, 1.82) is 0 Å². The summed E-state index contributed by atoms with van der Waals surface area (Å²) in [6.07, 6.45) is 0.732. The summed E-state index contributed by atoms with van der Waals surface area (Å²) in [5.74, 6) is -1.48. The van der Waals surface area contributed by atoms with E-state index < -0.39 is 28.3 Å². The second-order valence-electron chi connectivity index (χ2n) is 11.1. The van der Waals surface area contributed by atoms with Crippen LogP contribution in [0.4, 0.5) is 5.69 Å². The SMILES string of the molecule is CC(C)(C)c1csc(OCc2ccc(C(=O)Nc3cc(CCCS(=O)(=O)c4ccc(Cl)cc4)ccc3OCC(=O)O)cc2)n1. The Hall–Kier alpha value is -3.93. The largest absolute Gasteiger partial charge is 0.480 e. The van der Waals surface area contributed by atoms with E-state index in [1.807, 2.05) is 5.38 Å².